The van der Waals surface area contributed by atoms with Gasteiger partial charge in [-0.15, -0.1) is 11.3 Å². The van der Waals surface area contributed by atoms with Crippen molar-refractivity contribution in [3.8, 4) is 0 Å². The fourth-order valence-electron chi connectivity index (χ4n) is 1.52. The molecule has 0 bridgehead atoms. The predicted octanol–water partition coefficient (Wildman–Crippen LogP) is 1.53. The Morgan fingerprint density at radius 3 is 3.07 bits per heavy atom. The average Bonchev–Trinajstić information content (AvgIpc) is 2.72. The van der Waals surface area contributed by atoms with Crippen molar-refractivity contribution in [3.63, 3.8) is 0 Å². The molecule has 2 aromatic heterocycles. The summed E-state index contributed by atoms with van der Waals surface area (Å²) in [5, 5.41) is 4.69. The summed E-state index contributed by atoms with van der Waals surface area (Å²) in [5.74, 6) is 0.0539. The van der Waals surface area contributed by atoms with E-state index in [2.05, 4.69) is 27.4 Å². The topological polar surface area (TPSA) is 34.0 Å². The van der Waals surface area contributed by atoms with Crippen molar-refractivity contribution in [2.75, 3.05) is 7.05 Å². The number of fused-ring (bicyclic) bond motifs is 1. The van der Waals surface area contributed by atoms with E-state index in [0.717, 1.165) is 5.69 Å². The lowest BCUT2D eigenvalue weighted by atomic mass is 10.3. The normalized spacial score (nSPS) is 10.7. The third kappa shape index (κ3) is 1.42. The Morgan fingerprint density at radius 2 is 2.43 bits per heavy atom. The molecule has 0 aliphatic heterocycles. The lowest BCUT2D eigenvalue weighted by Gasteiger charge is -2.02. The van der Waals surface area contributed by atoms with E-state index in [-0.39, 0.29) is 5.91 Å². The van der Waals surface area contributed by atoms with E-state index in [1.165, 1.54) is 10.2 Å². The number of hydrogen-bond acceptors (Lipinski definition) is 2. The summed E-state index contributed by atoms with van der Waals surface area (Å²) in [7, 11) is 3.65. The van der Waals surface area contributed by atoms with Crippen molar-refractivity contribution in [2.45, 2.75) is 6.42 Å². The summed E-state index contributed by atoms with van der Waals surface area (Å²) >= 11 is 1.70. The van der Waals surface area contributed by atoms with Gasteiger partial charge in [0.1, 0.15) is 0 Å². The van der Waals surface area contributed by atoms with Gasteiger partial charge in [-0.1, -0.05) is 0 Å². The minimum Gasteiger partial charge on any atom is -0.359 e. The van der Waals surface area contributed by atoms with Crippen LogP contribution in [-0.4, -0.2) is 17.5 Å². The molecule has 0 unspecified atom stereocenters. The number of nitrogens with one attached hydrogen (secondary N) is 1. The summed E-state index contributed by atoms with van der Waals surface area (Å²) < 4.78 is 3.31. The SMILES string of the molecule is CNC(=O)Cc1cc2sccc2n1C. The number of hydrogen-bond donors (Lipinski definition) is 1. The Kier molecular flexibility index (Phi) is 2.29. The fourth-order valence-corrected chi connectivity index (χ4v) is 2.40. The summed E-state index contributed by atoms with van der Waals surface area (Å²) in [6, 6.07) is 4.16. The second-order valence-electron chi connectivity index (χ2n) is 3.21. The highest BCUT2D eigenvalue weighted by Crippen LogP contribution is 2.24. The van der Waals surface area contributed by atoms with Gasteiger partial charge in [0.15, 0.2) is 0 Å². The second-order valence-corrected chi connectivity index (χ2v) is 4.16. The van der Waals surface area contributed by atoms with Crippen molar-refractivity contribution in [1.82, 2.24) is 9.88 Å². The van der Waals surface area contributed by atoms with Crippen LogP contribution in [0.25, 0.3) is 10.2 Å². The van der Waals surface area contributed by atoms with E-state index in [4.69, 9.17) is 0 Å². The average molecular weight is 208 g/mol. The smallest absolute Gasteiger partial charge is 0.225 e. The van der Waals surface area contributed by atoms with Crippen molar-refractivity contribution in [2.24, 2.45) is 7.05 Å². The number of aromatic nitrogens is 1. The maximum absolute atomic E-state index is 11.2. The monoisotopic (exact) mass is 208 g/mol. The fraction of sp³-hybridized carbons (Fsp3) is 0.300. The molecule has 1 N–H and O–H groups in total. The molecule has 0 aliphatic rings. The maximum Gasteiger partial charge on any atom is 0.225 e. The molecule has 0 aromatic carbocycles. The van der Waals surface area contributed by atoms with Gasteiger partial charge in [0.25, 0.3) is 0 Å². The summed E-state index contributed by atoms with van der Waals surface area (Å²) in [5.41, 5.74) is 2.26. The van der Waals surface area contributed by atoms with E-state index < -0.39 is 0 Å². The highest BCUT2D eigenvalue weighted by molar-refractivity contribution is 7.17. The molecule has 2 heterocycles. The van der Waals surface area contributed by atoms with Crippen LogP contribution < -0.4 is 5.32 Å². The first-order chi connectivity index (χ1) is 6.72. The zero-order chi connectivity index (χ0) is 10.1. The lowest BCUT2D eigenvalue weighted by molar-refractivity contribution is -0.120. The Balaban J connectivity index is 2.38. The molecule has 4 heteroatoms. The van der Waals surface area contributed by atoms with Crippen LogP contribution in [0.5, 0.6) is 0 Å². The number of likely N-dealkylation sites (N-methyl/N-ethyl adjacent to an activating group) is 1. The number of amides is 1. The molecule has 0 fully saturated rings. The Hall–Kier alpha value is -1.29. The van der Waals surface area contributed by atoms with Crippen molar-refractivity contribution < 1.29 is 4.79 Å². The Morgan fingerprint density at radius 1 is 1.64 bits per heavy atom. The van der Waals surface area contributed by atoms with Gasteiger partial charge in [-0.05, 0) is 17.5 Å². The summed E-state index contributed by atoms with van der Waals surface area (Å²) in [6.07, 6.45) is 0.453. The van der Waals surface area contributed by atoms with E-state index in [1.54, 1.807) is 18.4 Å². The molecule has 0 aliphatic carbocycles. The maximum atomic E-state index is 11.2. The highest BCUT2D eigenvalue weighted by Gasteiger charge is 2.09. The third-order valence-corrected chi connectivity index (χ3v) is 3.24. The molecule has 0 radical (unpaired) electrons. The van der Waals surface area contributed by atoms with Crippen molar-refractivity contribution in [1.29, 1.82) is 0 Å². The van der Waals surface area contributed by atoms with Crippen LogP contribution in [0.3, 0.4) is 0 Å². The number of nitrogens with zero attached hydrogens (tertiary/aromatic N) is 1. The Labute approximate surface area is 86.3 Å². The molecule has 74 valence electrons. The van der Waals surface area contributed by atoms with Crippen LogP contribution in [0.15, 0.2) is 17.5 Å². The highest BCUT2D eigenvalue weighted by atomic mass is 32.1. The first-order valence-electron chi connectivity index (χ1n) is 4.44. The first kappa shape index (κ1) is 9.27. The van der Waals surface area contributed by atoms with Crippen LogP contribution in [-0.2, 0) is 18.3 Å². The molecular formula is C10H12N2OS. The molecule has 0 saturated carbocycles. The van der Waals surface area contributed by atoms with Gasteiger partial charge < -0.3 is 9.88 Å². The van der Waals surface area contributed by atoms with Crippen LogP contribution in [0.1, 0.15) is 5.69 Å². The van der Waals surface area contributed by atoms with E-state index >= 15 is 0 Å². The summed E-state index contributed by atoms with van der Waals surface area (Å²) in [4.78, 5) is 11.2. The van der Waals surface area contributed by atoms with Gasteiger partial charge >= 0.3 is 0 Å². The number of carbonyl (C=O) groups is 1. The molecule has 0 atom stereocenters. The number of carbonyl (C=O) groups excluding carboxylic acids is 1. The third-order valence-electron chi connectivity index (χ3n) is 2.38. The lowest BCUT2D eigenvalue weighted by Crippen LogP contribution is -2.21. The standard InChI is InChI=1S/C10H12N2OS/c1-11-10(13)6-7-5-9-8(12(7)2)3-4-14-9/h3-5H,6H2,1-2H3,(H,11,13). The van der Waals surface area contributed by atoms with Gasteiger partial charge in [-0.3, -0.25) is 4.79 Å². The van der Waals surface area contributed by atoms with Crippen molar-refractivity contribution in [3.05, 3.63) is 23.2 Å². The quantitative estimate of drug-likeness (QED) is 0.798. The number of aryl methyl sites for hydroxylation is 1. The van der Waals surface area contributed by atoms with Gasteiger partial charge in [0.2, 0.25) is 5.91 Å². The number of thiophene rings is 1. The van der Waals surface area contributed by atoms with Crippen LogP contribution in [0.4, 0.5) is 0 Å². The minimum absolute atomic E-state index is 0.0539. The number of rotatable bonds is 2. The van der Waals surface area contributed by atoms with Gasteiger partial charge in [-0.25, -0.2) is 0 Å². The summed E-state index contributed by atoms with van der Waals surface area (Å²) in [6.45, 7) is 0. The molecule has 0 saturated heterocycles. The van der Waals surface area contributed by atoms with Crippen LogP contribution in [0, 0.1) is 0 Å². The molecule has 1 amide bonds. The van der Waals surface area contributed by atoms with E-state index in [1.807, 2.05) is 7.05 Å². The molecular weight excluding hydrogens is 196 g/mol. The van der Waals surface area contributed by atoms with E-state index in [0.29, 0.717) is 6.42 Å². The minimum atomic E-state index is 0.0539. The Bertz CT molecular complexity index is 469. The largest absolute Gasteiger partial charge is 0.359 e. The molecule has 14 heavy (non-hydrogen) atoms. The van der Waals surface area contributed by atoms with Gasteiger partial charge in [-0.2, -0.15) is 0 Å². The van der Waals surface area contributed by atoms with E-state index in [9.17, 15) is 4.79 Å². The first-order valence-corrected chi connectivity index (χ1v) is 5.32. The van der Waals surface area contributed by atoms with Crippen LogP contribution in [0.2, 0.25) is 0 Å². The zero-order valence-electron chi connectivity index (χ0n) is 8.20. The predicted molar refractivity (Wildman–Crippen MR) is 58.6 cm³/mol. The van der Waals surface area contributed by atoms with Gasteiger partial charge in [0, 0.05) is 19.8 Å². The second kappa shape index (κ2) is 3.46. The zero-order valence-corrected chi connectivity index (χ0v) is 9.02. The molecule has 3 nitrogen and oxygen atoms in total. The molecule has 0 spiro atoms. The molecule has 2 aromatic rings. The van der Waals surface area contributed by atoms with Crippen molar-refractivity contribution >= 4 is 27.5 Å². The molecule has 2 rings (SSSR count). The van der Waals surface area contributed by atoms with Crippen LogP contribution >= 0.6 is 11.3 Å². The van der Waals surface area contributed by atoms with Gasteiger partial charge in [0.05, 0.1) is 16.6 Å².